The van der Waals surface area contributed by atoms with Crippen molar-refractivity contribution in [2.45, 2.75) is 41.7 Å². The van der Waals surface area contributed by atoms with Gasteiger partial charge in [-0.2, -0.15) is 0 Å². The number of carbonyl (C=O) groups is 1. The molecule has 0 saturated carbocycles. The molecule has 5 nitrogen and oxygen atoms in total. The van der Waals surface area contributed by atoms with E-state index in [9.17, 15) is 9.90 Å². The fraction of sp³-hybridized carbons (Fsp3) is 0.381. The Labute approximate surface area is 164 Å². The van der Waals surface area contributed by atoms with Crippen LogP contribution in [0.3, 0.4) is 0 Å². The Kier molecular flexibility index (Phi) is 6.42. The number of likely N-dealkylation sites (N-methyl/N-ethyl adjacent to an activating group) is 1. The first-order chi connectivity index (χ1) is 13.0. The lowest BCUT2D eigenvalue weighted by atomic mass is 9.96. The lowest BCUT2D eigenvalue weighted by molar-refractivity contribution is -0.143. The normalized spacial score (nSPS) is 23.1. The summed E-state index contributed by atoms with van der Waals surface area (Å²) < 4.78 is 5.50. The van der Waals surface area contributed by atoms with Crippen molar-refractivity contribution in [3.63, 3.8) is 0 Å². The predicted molar refractivity (Wildman–Crippen MR) is 109 cm³/mol. The summed E-state index contributed by atoms with van der Waals surface area (Å²) in [6.07, 6.45) is 0.447. The van der Waals surface area contributed by atoms with Gasteiger partial charge in [0, 0.05) is 28.5 Å². The molecule has 0 aromatic heterocycles. The van der Waals surface area contributed by atoms with Gasteiger partial charge >= 0.3 is 5.97 Å². The molecular weight excluding hydrogens is 360 g/mol. The van der Waals surface area contributed by atoms with Crippen molar-refractivity contribution in [1.82, 2.24) is 5.32 Å². The molecule has 0 bridgehead atoms. The Bertz CT molecular complexity index is 754. The van der Waals surface area contributed by atoms with Crippen LogP contribution in [0.2, 0.25) is 0 Å². The highest BCUT2D eigenvalue weighted by molar-refractivity contribution is 8.00. The quantitative estimate of drug-likeness (QED) is 0.644. The van der Waals surface area contributed by atoms with E-state index >= 15 is 0 Å². The van der Waals surface area contributed by atoms with E-state index in [-0.39, 0.29) is 10.9 Å². The minimum Gasteiger partial charge on any atom is -0.480 e. The number of aliphatic carboxylic acids is 1. The second-order valence-electron chi connectivity index (χ2n) is 6.92. The molecule has 0 spiro atoms. The summed E-state index contributed by atoms with van der Waals surface area (Å²) in [7, 11) is 1.67. The number of carboxylic acids is 1. The first-order valence-corrected chi connectivity index (χ1v) is 9.92. The van der Waals surface area contributed by atoms with Gasteiger partial charge in [0.05, 0.1) is 6.10 Å². The second kappa shape index (κ2) is 8.78. The molecule has 1 aliphatic heterocycles. The molecule has 6 heteroatoms. The van der Waals surface area contributed by atoms with Gasteiger partial charge in [0.1, 0.15) is 6.04 Å². The summed E-state index contributed by atoms with van der Waals surface area (Å²) in [6, 6.07) is 17.8. The average molecular weight is 387 g/mol. The van der Waals surface area contributed by atoms with Gasteiger partial charge in [-0.1, -0.05) is 30.3 Å². The largest absolute Gasteiger partial charge is 0.480 e. The van der Waals surface area contributed by atoms with Gasteiger partial charge in [0.25, 0.3) is 0 Å². The van der Waals surface area contributed by atoms with Crippen LogP contribution in [0, 0.1) is 0 Å². The van der Waals surface area contributed by atoms with Crippen molar-refractivity contribution < 1.29 is 14.6 Å². The molecule has 0 amide bonds. The molecule has 3 rings (SSSR count). The number of anilines is 1. The van der Waals surface area contributed by atoms with Crippen LogP contribution in [0.1, 0.15) is 18.9 Å². The van der Waals surface area contributed by atoms with Crippen molar-refractivity contribution in [3.8, 4) is 0 Å². The molecular formula is C21H26N2O3S. The molecule has 1 unspecified atom stereocenters. The molecule has 2 aromatic carbocycles. The molecule has 1 heterocycles. The molecule has 144 valence electrons. The fourth-order valence-corrected chi connectivity index (χ4v) is 4.70. The van der Waals surface area contributed by atoms with Crippen LogP contribution in [0.5, 0.6) is 0 Å². The van der Waals surface area contributed by atoms with Crippen LogP contribution in [0.25, 0.3) is 0 Å². The second-order valence-corrected chi connectivity index (χ2v) is 8.53. The number of ether oxygens (including phenoxy) is 1. The molecule has 27 heavy (non-hydrogen) atoms. The van der Waals surface area contributed by atoms with E-state index in [1.54, 1.807) is 18.8 Å². The Morgan fingerprint density at radius 1 is 1.26 bits per heavy atom. The number of hydrogen-bond acceptors (Lipinski definition) is 5. The summed E-state index contributed by atoms with van der Waals surface area (Å²) in [4.78, 5) is 12.6. The summed E-state index contributed by atoms with van der Waals surface area (Å²) in [5.74, 6) is -0.878. The van der Waals surface area contributed by atoms with Crippen molar-refractivity contribution in [2.75, 3.05) is 19.0 Å². The molecule has 0 aliphatic carbocycles. The molecule has 2 aromatic rings. The minimum atomic E-state index is -0.878. The van der Waals surface area contributed by atoms with E-state index < -0.39 is 12.0 Å². The third-order valence-electron chi connectivity index (χ3n) is 4.92. The van der Waals surface area contributed by atoms with Gasteiger partial charge < -0.3 is 20.5 Å². The third-order valence-corrected chi connectivity index (χ3v) is 6.33. The number of benzene rings is 2. The van der Waals surface area contributed by atoms with E-state index in [0.29, 0.717) is 6.61 Å². The highest BCUT2D eigenvalue weighted by Gasteiger charge is 2.47. The number of nitrogens with one attached hydrogen (secondary N) is 2. The predicted octanol–water partition coefficient (Wildman–Crippen LogP) is 3.61. The number of carboxylic acid groups (broad SMARTS) is 1. The van der Waals surface area contributed by atoms with Gasteiger partial charge in [-0.15, -0.1) is 11.8 Å². The molecule has 1 fully saturated rings. The standard InChI is InChI=1S/C21H26N2O3S/c1-21(12-13-26-19(21)18(22-2)20(24)25)27-17-10-8-16(9-11-17)23-14-15-6-4-3-5-7-15/h3-11,18-19,22-23H,12-14H2,1-2H3,(H,24,25)/t18?,19-,21-/m1/s1. The van der Waals surface area contributed by atoms with Crippen LogP contribution < -0.4 is 10.6 Å². The summed E-state index contributed by atoms with van der Waals surface area (Å²) in [5, 5.41) is 15.8. The minimum absolute atomic E-state index is 0.287. The zero-order chi connectivity index (χ0) is 19.3. The monoisotopic (exact) mass is 386 g/mol. The van der Waals surface area contributed by atoms with Gasteiger partial charge in [0.2, 0.25) is 0 Å². The molecule has 0 radical (unpaired) electrons. The lowest BCUT2D eigenvalue weighted by Crippen LogP contribution is -2.51. The van der Waals surface area contributed by atoms with Crippen molar-refractivity contribution in [3.05, 3.63) is 60.2 Å². The van der Waals surface area contributed by atoms with Crippen LogP contribution >= 0.6 is 11.8 Å². The molecule has 3 atom stereocenters. The lowest BCUT2D eigenvalue weighted by Gasteiger charge is -2.33. The highest BCUT2D eigenvalue weighted by atomic mass is 32.2. The Balaban J connectivity index is 1.64. The maximum absolute atomic E-state index is 11.5. The fourth-order valence-electron chi connectivity index (χ4n) is 3.38. The van der Waals surface area contributed by atoms with E-state index in [2.05, 4.69) is 54.0 Å². The first kappa shape index (κ1) is 19.7. The molecule has 1 saturated heterocycles. The third kappa shape index (κ3) is 4.83. The van der Waals surface area contributed by atoms with Gasteiger partial charge in [0.15, 0.2) is 0 Å². The Morgan fingerprint density at radius 3 is 2.59 bits per heavy atom. The average Bonchev–Trinajstić information content (AvgIpc) is 3.03. The summed E-state index contributed by atoms with van der Waals surface area (Å²) in [5.41, 5.74) is 2.30. The van der Waals surface area contributed by atoms with Crippen LogP contribution in [0.15, 0.2) is 59.5 Å². The van der Waals surface area contributed by atoms with E-state index in [1.165, 1.54) is 5.56 Å². The molecule has 1 aliphatic rings. The topological polar surface area (TPSA) is 70.6 Å². The zero-order valence-electron chi connectivity index (χ0n) is 15.6. The van der Waals surface area contributed by atoms with Gasteiger partial charge in [-0.25, -0.2) is 0 Å². The highest BCUT2D eigenvalue weighted by Crippen LogP contribution is 2.44. The van der Waals surface area contributed by atoms with Crippen molar-refractivity contribution >= 4 is 23.4 Å². The SMILES string of the molecule is CNC(C(=O)O)[C@H]1OCC[C@@]1(C)Sc1ccc(NCc2ccccc2)cc1. The van der Waals surface area contributed by atoms with Crippen LogP contribution in [-0.2, 0) is 16.1 Å². The van der Waals surface area contributed by atoms with E-state index in [0.717, 1.165) is 23.5 Å². The van der Waals surface area contributed by atoms with Gasteiger partial charge in [-0.05, 0) is 50.2 Å². The van der Waals surface area contributed by atoms with E-state index in [4.69, 9.17) is 4.74 Å². The van der Waals surface area contributed by atoms with Crippen LogP contribution in [0.4, 0.5) is 5.69 Å². The van der Waals surface area contributed by atoms with Crippen molar-refractivity contribution in [2.24, 2.45) is 0 Å². The smallest absolute Gasteiger partial charge is 0.323 e. The molecule has 3 N–H and O–H groups in total. The van der Waals surface area contributed by atoms with Gasteiger partial charge in [-0.3, -0.25) is 4.79 Å². The maximum atomic E-state index is 11.5. The van der Waals surface area contributed by atoms with Crippen LogP contribution in [-0.4, -0.2) is 41.6 Å². The summed E-state index contributed by atoms with van der Waals surface area (Å²) >= 11 is 1.69. The Hall–Kier alpha value is -2.02. The number of rotatable bonds is 8. The first-order valence-electron chi connectivity index (χ1n) is 9.10. The Morgan fingerprint density at radius 2 is 1.96 bits per heavy atom. The zero-order valence-corrected chi connectivity index (χ0v) is 16.5. The number of hydrogen-bond donors (Lipinski definition) is 3. The summed E-state index contributed by atoms with van der Waals surface area (Å²) in [6.45, 7) is 3.45. The number of thioether (sulfide) groups is 1. The van der Waals surface area contributed by atoms with Crippen molar-refractivity contribution in [1.29, 1.82) is 0 Å². The van der Waals surface area contributed by atoms with E-state index in [1.807, 2.05) is 18.2 Å². The maximum Gasteiger partial charge on any atom is 0.323 e.